The van der Waals surface area contributed by atoms with Crippen molar-refractivity contribution in [3.8, 4) is 22.9 Å². The Bertz CT molecular complexity index is 1490. The van der Waals surface area contributed by atoms with Crippen molar-refractivity contribution in [1.82, 2.24) is 19.1 Å². The van der Waals surface area contributed by atoms with E-state index in [0.717, 1.165) is 16.2 Å². The van der Waals surface area contributed by atoms with Crippen molar-refractivity contribution in [2.45, 2.75) is 25.6 Å². The SMILES string of the molecule is Cn1c(-c2ccc(OCc3ccccc3)c(OC(F)(F)F)c2)nc2c1c(=O)[nH]c(=O)n2CC(O)CF. The van der Waals surface area contributed by atoms with Crippen LogP contribution in [-0.2, 0) is 20.2 Å². The normalized spacial score (nSPS) is 12.6. The molecule has 4 aromatic rings. The molecular formula is C23H20F4N4O5. The Balaban J connectivity index is 1.80. The van der Waals surface area contributed by atoms with Crippen molar-refractivity contribution in [2.75, 3.05) is 6.67 Å². The summed E-state index contributed by atoms with van der Waals surface area (Å²) in [6.45, 7) is -1.65. The zero-order chi connectivity index (χ0) is 26.0. The summed E-state index contributed by atoms with van der Waals surface area (Å²) in [5.41, 5.74) is -1.16. The molecule has 0 spiro atoms. The van der Waals surface area contributed by atoms with Gasteiger partial charge < -0.3 is 19.1 Å². The molecule has 1 atom stereocenters. The van der Waals surface area contributed by atoms with Gasteiger partial charge in [-0.15, -0.1) is 13.2 Å². The first kappa shape index (κ1) is 25.0. The van der Waals surface area contributed by atoms with Crippen LogP contribution in [0.15, 0.2) is 58.1 Å². The first-order valence-electron chi connectivity index (χ1n) is 10.6. The van der Waals surface area contributed by atoms with Gasteiger partial charge in [-0.25, -0.2) is 14.2 Å². The van der Waals surface area contributed by atoms with Gasteiger partial charge in [-0.3, -0.25) is 14.3 Å². The number of hydrogen-bond donors (Lipinski definition) is 2. The summed E-state index contributed by atoms with van der Waals surface area (Å²) < 4.78 is 64.1. The number of rotatable bonds is 8. The molecule has 13 heteroatoms. The predicted molar refractivity (Wildman–Crippen MR) is 120 cm³/mol. The Labute approximate surface area is 200 Å². The van der Waals surface area contributed by atoms with E-state index in [1.807, 2.05) is 0 Å². The van der Waals surface area contributed by atoms with E-state index in [1.165, 1.54) is 23.7 Å². The van der Waals surface area contributed by atoms with Crippen molar-refractivity contribution in [2.24, 2.45) is 7.05 Å². The smallest absolute Gasteiger partial charge is 0.485 e. The van der Waals surface area contributed by atoms with E-state index in [0.29, 0.717) is 0 Å². The summed E-state index contributed by atoms with van der Waals surface area (Å²) in [4.78, 5) is 31.0. The highest BCUT2D eigenvalue weighted by Crippen LogP contribution is 2.36. The number of alkyl halides is 4. The monoisotopic (exact) mass is 508 g/mol. The number of benzene rings is 2. The minimum Gasteiger partial charge on any atom is -0.485 e. The highest BCUT2D eigenvalue weighted by Gasteiger charge is 2.33. The van der Waals surface area contributed by atoms with E-state index < -0.39 is 42.7 Å². The van der Waals surface area contributed by atoms with Crippen LogP contribution in [0.3, 0.4) is 0 Å². The summed E-state index contributed by atoms with van der Waals surface area (Å²) in [7, 11) is 1.42. The number of ether oxygens (including phenoxy) is 2. The van der Waals surface area contributed by atoms with E-state index in [2.05, 4.69) is 14.7 Å². The maximum absolute atomic E-state index is 13.1. The van der Waals surface area contributed by atoms with Gasteiger partial charge in [-0.2, -0.15) is 0 Å². The lowest BCUT2D eigenvalue weighted by atomic mass is 10.2. The predicted octanol–water partition coefficient (Wildman–Crippen LogP) is 2.90. The summed E-state index contributed by atoms with van der Waals surface area (Å²) in [5.74, 6) is -0.798. The second kappa shape index (κ2) is 9.85. The van der Waals surface area contributed by atoms with Crippen LogP contribution in [0.2, 0.25) is 0 Å². The highest BCUT2D eigenvalue weighted by molar-refractivity contribution is 5.77. The molecule has 0 saturated heterocycles. The Kier molecular flexibility index (Phi) is 6.84. The van der Waals surface area contributed by atoms with Crippen molar-refractivity contribution >= 4 is 11.2 Å². The molecule has 2 heterocycles. The lowest BCUT2D eigenvalue weighted by Crippen LogP contribution is -2.34. The fourth-order valence-corrected chi connectivity index (χ4v) is 3.64. The van der Waals surface area contributed by atoms with Crippen LogP contribution in [0.5, 0.6) is 11.5 Å². The van der Waals surface area contributed by atoms with E-state index in [-0.39, 0.29) is 34.9 Å². The molecule has 1 unspecified atom stereocenters. The second-order valence-corrected chi connectivity index (χ2v) is 7.83. The molecule has 2 aromatic heterocycles. The molecular weight excluding hydrogens is 488 g/mol. The molecule has 9 nitrogen and oxygen atoms in total. The van der Waals surface area contributed by atoms with Gasteiger partial charge in [0.2, 0.25) is 0 Å². The van der Waals surface area contributed by atoms with Crippen molar-refractivity contribution in [3.05, 3.63) is 74.9 Å². The molecule has 2 aromatic carbocycles. The Morgan fingerprint density at radius 1 is 1.11 bits per heavy atom. The van der Waals surface area contributed by atoms with Crippen molar-refractivity contribution in [3.63, 3.8) is 0 Å². The molecule has 36 heavy (non-hydrogen) atoms. The number of aromatic amines is 1. The minimum atomic E-state index is -5.02. The molecule has 190 valence electrons. The summed E-state index contributed by atoms with van der Waals surface area (Å²) in [5, 5.41) is 9.67. The van der Waals surface area contributed by atoms with Gasteiger partial charge in [-0.05, 0) is 23.8 Å². The van der Waals surface area contributed by atoms with Gasteiger partial charge in [0, 0.05) is 12.6 Å². The van der Waals surface area contributed by atoms with Crippen LogP contribution in [0.1, 0.15) is 5.56 Å². The number of aliphatic hydroxyl groups is 1. The third-order valence-electron chi connectivity index (χ3n) is 5.25. The van der Waals surface area contributed by atoms with Gasteiger partial charge in [0.15, 0.2) is 22.7 Å². The van der Waals surface area contributed by atoms with Crippen LogP contribution in [0.4, 0.5) is 17.6 Å². The van der Waals surface area contributed by atoms with Crippen LogP contribution in [0, 0.1) is 0 Å². The zero-order valence-electron chi connectivity index (χ0n) is 18.8. The standard InChI is InChI=1S/C23H20F4N4O5/c1-30-18-20(31(11-15(32)10-24)22(34)29-21(18)33)28-19(30)14-7-8-16(17(9-14)36-23(25,26)27)35-12-13-5-3-2-4-6-13/h2-9,15,32H,10-12H2,1H3,(H,29,33,34). The number of nitrogens with one attached hydrogen (secondary N) is 1. The van der Waals surface area contributed by atoms with Gasteiger partial charge in [0.05, 0.1) is 6.54 Å². The summed E-state index contributed by atoms with van der Waals surface area (Å²) >= 11 is 0. The number of aryl methyl sites for hydroxylation is 1. The van der Waals surface area contributed by atoms with E-state index in [9.17, 15) is 32.3 Å². The fourth-order valence-electron chi connectivity index (χ4n) is 3.64. The molecule has 0 aliphatic heterocycles. The number of fused-ring (bicyclic) bond motifs is 1. The number of hydrogen-bond acceptors (Lipinski definition) is 6. The maximum atomic E-state index is 13.1. The molecule has 0 fully saturated rings. The van der Waals surface area contributed by atoms with Gasteiger partial charge in [0.1, 0.15) is 25.2 Å². The topological polar surface area (TPSA) is 111 Å². The first-order valence-corrected chi connectivity index (χ1v) is 10.6. The number of aliphatic hydroxyl groups excluding tert-OH is 1. The van der Waals surface area contributed by atoms with Crippen LogP contribution < -0.4 is 20.7 Å². The third-order valence-corrected chi connectivity index (χ3v) is 5.25. The minimum absolute atomic E-state index is 0.0146. The van der Waals surface area contributed by atoms with Crippen LogP contribution >= 0.6 is 0 Å². The molecule has 0 bridgehead atoms. The summed E-state index contributed by atoms with van der Waals surface area (Å²) in [6.07, 6.45) is -6.55. The number of H-pyrrole nitrogens is 1. The van der Waals surface area contributed by atoms with Gasteiger partial charge in [0.25, 0.3) is 5.56 Å². The zero-order valence-corrected chi connectivity index (χ0v) is 18.8. The van der Waals surface area contributed by atoms with Crippen molar-refractivity contribution in [1.29, 1.82) is 0 Å². The highest BCUT2D eigenvalue weighted by atomic mass is 19.4. The lowest BCUT2D eigenvalue weighted by Gasteiger charge is -2.15. The Morgan fingerprint density at radius 3 is 2.50 bits per heavy atom. The maximum Gasteiger partial charge on any atom is 0.573 e. The molecule has 4 rings (SSSR count). The van der Waals surface area contributed by atoms with Crippen LogP contribution in [-0.4, -0.2) is 43.3 Å². The number of nitrogens with zero attached hydrogens (tertiary/aromatic N) is 3. The van der Waals surface area contributed by atoms with Crippen LogP contribution in [0.25, 0.3) is 22.6 Å². The third kappa shape index (κ3) is 5.25. The molecule has 0 radical (unpaired) electrons. The van der Waals surface area contributed by atoms with Gasteiger partial charge >= 0.3 is 12.1 Å². The molecule has 0 saturated carbocycles. The number of halogens is 4. The quantitative estimate of drug-likeness (QED) is 0.354. The fraction of sp³-hybridized carbons (Fsp3) is 0.261. The van der Waals surface area contributed by atoms with Gasteiger partial charge in [-0.1, -0.05) is 30.3 Å². The van der Waals surface area contributed by atoms with E-state index in [4.69, 9.17) is 4.74 Å². The lowest BCUT2D eigenvalue weighted by molar-refractivity contribution is -0.275. The first-order chi connectivity index (χ1) is 17.1. The number of imidazole rings is 1. The number of aromatic nitrogens is 4. The van der Waals surface area contributed by atoms with E-state index >= 15 is 0 Å². The molecule has 0 amide bonds. The largest absolute Gasteiger partial charge is 0.573 e. The molecule has 2 N–H and O–H groups in total. The Morgan fingerprint density at radius 2 is 1.83 bits per heavy atom. The molecule has 0 aliphatic carbocycles. The van der Waals surface area contributed by atoms with Crippen molar-refractivity contribution < 1.29 is 32.1 Å². The average Bonchev–Trinajstić information content (AvgIpc) is 3.17. The van der Waals surface area contributed by atoms with E-state index in [1.54, 1.807) is 30.3 Å². The average molecular weight is 508 g/mol. The molecule has 0 aliphatic rings. The second-order valence-electron chi connectivity index (χ2n) is 7.83. The Hall–Kier alpha value is -4.13. The summed E-state index contributed by atoms with van der Waals surface area (Å²) in [6, 6.07) is 12.5.